The van der Waals surface area contributed by atoms with E-state index in [-0.39, 0.29) is 17.0 Å². The quantitative estimate of drug-likeness (QED) is 0.889. The normalized spacial score (nSPS) is 26.6. The lowest BCUT2D eigenvalue weighted by Gasteiger charge is -2.25. The summed E-state index contributed by atoms with van der Waals surface area (Å²) in [6.45, 7) is 5.14. The lowest BCUT2D eigenvalue weighted by molar-refractivity contribution is -0.185. The number of aromatic nitrogens is 1. The van der Waals surface area contributed by atoms with Crippen LogP contribution in [0.1, 0.15) is 43.8 Å². The Hall–Kier alpha value is -0.620. The highest BCUT2D eigenvalue weighted by Gasteiger charge is 2.53. The van der Waals surface area contributed by atoms with Gasteiger partial charge in [0, 0.05) is 11.3 Å². The molecule has 2 unspecified atom stereocenters. The van der Waals surface area contributed by atoms with Gasteiger partial charge in [-0.3, -0.25) is 0 Å². The largest absolute Gasteiger partial charge is 0.411 e. The summed E-state index contributed by atoms with van der Waals surface area (Å²) in [7, 11) is 0. The molecule has 6 heteroatoms. The summed E-state index contributed by atoms with van der Waals surface area (Å²) >= 11 is 1.27. The van der Waals surface area contributed by atoms with Gasteiger partial charge in [-0.25, -0.2) is 4.98 Å². The van der Waals surface area contributed by atoms with Gasteiger partial charge in [-0.05, 0) is 18.8 Å². The number of hydrogen-bond donors (Lipinski definition) is 1. The fourth-order valence-corrected chi connectivity index (χ4v) is 2.97. The molecule has 0 aliphatic heterocycles. The fraction of sp³-hybridized carbons (Fsp3) is 0.727. The molecule has 1 aliphatic carbocycles. The molecule has 1 saturated carbocycles. The molecule has 96 valence electrons. The highest BCUT2D eigenvalue weighted by molar-refractivity contribution is 7.09. The lowest BCUT2D eigenvalue weighted by atomic mass is 10.00. The van der Waals surface area contributed by atoms with Crippen LogP contribution in [0.3, 0.4) is 0 Å². The minimum atomic E-state index is -4.47. The first-order valence-electron chi connectivity index (χ1n) is 5.37. The Balaban J connectivity index is 2.25. The van der Waals surface area contributed by atoms with Crippen LogP contribution < -0.4 is 5.73 Å². The molecule has 1 heterocycles. The van der Waals surface area contributed by atoms with E-state index in [1.54, 1.807) is 0 Å². The van der Waals surface area contributed by atoms with Gasteiger partial charge in [-0.15, -0.1) is 11.3 Å². The molecule has 0 radical (unpaired) electrons. The van der Waals surface area contributed by atoms with E-state index in [2.05, 4.69) is 18.8 Å². The summed E-state index contributed by atoms with van der Waals surface area (Å²) in [5.41, 5.74) is 3.06. The zero-order chi connectivity index (χ0) is 13.1. The van der Waals surface area contributed by atoms with Gasteiger partial charge in [0.15, 0.2) is 5.54 Å². The Morgan fingerprint density at radius 3 is 2.41 bits per heavy atom. The van der Waals surface area contributed by atoms with E-state index in [0.29, 0.717) is 0 Å². The average molecular weight is 264 g/mol. The van der Waals surface area contributed by atoms with Gasteiger partial charge in [0.1, 0.15) is 0 Å². The van der Waals surface area contributed by atoms with E-state index in [1.807, 2.05) is 0 Å². The highest BCUT2D eigenvalue weighted by atomic mass is 32.1. The number of hydrogen-bond acceptors (Lipinski definition) is 3. The van der Waals surface area contributed by atoms with Crippen molar-refractivity contribution in [2.75, 3.05) is 0 Å². The van der Waals surface area contributed by atoms with Crippen LogP contribution in [0.15, 0.2) is 5.38 Å². The van der Waals surface area contributed by atoms with Gasteiger partial charge in [0.25, 0.3) is 0 Å². The van der Waals surface area contributed by atoms with E-state index in [0.717, 1.165) is 18.4 Å². The van der Waals surface area contributed by atoms with E-state index in [1.165, 1.54) is 16.7 Å². The number of thiazole rings is 1. The standard InChI is InChI=1S/C11H15F3N2S/c1-9(2)4-6(9)8-16-7(5-17-8)10(3,15)11(12,13)14/h5-6H,4,15H2,1-3H3. The van der Waals surface area contributed by atoms with Gasteiger partial charge < -0.3 is 5.73 Å². The third-order valence-electron chi connectivity index (χ3n) is 3.45. The SMILES string of the molecule is CC1(C)CC1c1nc(C(C)(N)C(F)(F)F)cs1. The van der Waals surface area contributed by atoms with Crippen molar-refractivity contribution in [1.82, 2.24) is 4.98 Å². The molecule has 2 nitrogen and oxygen atoms in total. The molecule has 1 aromatic heterocycles. The molecule has 0 amide bonds. The minimum Gasteiger partial charge on any atom is -0.313 e. The fourth-order valence-electron chi connectivity index (χ4n) is 1.72. The number of rotatable bonds is 2. The molecule has 0 bridgehead atoms. The number of nitrogens with two attached hydrogens (primary N) is 1. The Morgan fingerprint density at radius 2 is 2.00 bits per heavy atom. The minimum absolute atomic E-state index is 0.0762. The van der Waals surface area contributed by atoms with E-state index in [4.69, 9.17) is 5.73 Å². The molecule has 2 N–H and O–H groups in total. The van der Waals surface area contributed by atoms with E-state index in [9.17, 15) is 13.2 Å². The van der Waals surface area contributed by atoms with Crippen LogP contribution in [0.5, 0.6) is 0 Å². The molecular weight excluding hydrogens is 249 g/mol. The van der Waals surface area contributed by atoms with Crippen molar-refractivity contribution >= 4 is 11.3 Å². The van der Waals surface area contributed by atoms with Gasteiger partial charge in [-0.2, -0.15) is 13.2 Å². The molecule has 0 spiro atoms. The molecular formula is C11H15F3N2S. The van der Waals surface area contributed by atoms with Crippen molar-refractivity contribution in [2.24, 2.45) is 11.1 Å². The van der Waals surface area contributed by atoms with E-state index < -0.39 is 11.7 Å². The predicted molar refractivity (Wildman–Crippen MR) is 60.8 cm³/mol. The van der Waals surface area contributed by atoms with Gasteiger partial charge in [0.2, 0.25) is 0 Å². The van der Waals surface area contributed by atoms with Crippen molar-refractivity contribution in [1.29, 1.82) is 0 Å². The Kier molecular flexibility index (Phi) is 2.60. The molecule has 1 fully saturated rings. The van der Waals surface area contributed by atoms with Crippen LogP contribution in [0.25, 0.3) is 0 Å². The average Bonchev–Trinajstić information content (AvgIpc) is 2.64. The second-order valence-electron chi connectivity index (χ2n) is 5.52. The smallest absolute Gasteiger partial charge is 0.313 e. The Labute approximate surface area is 102 Å². The molecule has 2 atom stereocenters. The maximum atomic E-state index is 12.7. The van der Waals surface area contributed by atoms with Gasteiger partial charge in [-0.1, -0.05) is 13.8 Å². The van der Waals surface area contributed by atoms with Gasteiger partial charge in [0.05, 0.1) is 10.7 Å². The molecule has 17 heavy (non-hydrogen) atoms. The zero-order valence-corrected chi connectivity index (χ0v) is 10.7. The van der Waals surface area contributed by atoms with Crippen LogP contribution in [0, 0.1) is 5.41 Å². The molecule has 0 saturated heterocycles. The second kappa shape index (κ2) is 3.45. The van der Waals surface area contributed by atoms with Crippen molar-refractivity contribution in [3.05, 3.63) is 16.1 Å². The van der Waals surface area contributed by atoms with Crippen molar-refractivity contribution in [2.45, 2.75) is 44.8 Å². The summed E-state index contributed by atoms with van der Waals surface area (Å²) in [4.78, 5) is 4.08. The number of alkyl halides is 3. The molecule has 2 rings (SSSR count). The zero-order valence-electron chi connectivity index (χ0n) is 9.93. The summed E-state index contributed by atoms with van der Waals surface area (Å²) in [6, 6.07) is 0. The van der Waals surface area contributed by atoms with Crippen molar-refractivity contribution in [3.8, 4) is 0 Å². The first-order valence-corrected chi connectivity index (χ1v) is 6.25. The highest BCUT2D eigenvalue weighted by Crippen LogP contribution is 2.59. The molecule has 0 aromatic carbocycles. The Morgan fingerprint density at radius 1 is 1.47 bits per heavy atom. The summed E-state index contributed by atoms with van der Waals surface area (Å²) in [6.07, 6.45) is -3.50. The topological polar surface area (TPSA) is 38.9 Å². The third-order valence-corrected chi connectivity index (χ3v) is 4.41. The first-order chi connectivity index (χ1) is 7.56. The summed E-state index contributed by atoms with van der Waals surface area (Å²) in [5, 5.41) is 2.20. The van der Waals surface area contributed by atoms with Gasteiger partial charge >= 0.3 is 6.18 Å². The summed E-state index contributed by atoms with van der Waals surface area (Å²) in [5.74, 6) is 0.283. The van der Waals surface area contributed by atoms with Crippen molar-refractivity contribution in [3.63, 3.8) is 0 Å². The monoisotopic (exact) mass is 264 g/mol. The van der Waals surface area contributed by atoms with Crippen LogP contribution in [0.2, 0.25) is 0 Å². The van der Waals surface area contributed by atoms with Crippen LogP contribution in [-0.4, -0.2) is 11.2 Å². The maximum Gasteiger partial charge on any atom is 0.411 e. The first kappa shape index (κ1) is 12.8. The van der Waals surface area contributed by atoms with E-state index >= 15 is 0 Å². The van der Waals surface area contributed by atoms with Crippen molar-refractivity contribution < 1.29 is 13.2 Å². The lowest BCUT2D eigenvalue weighted by Crippen LogP contribution is -2.47. The maximum absolute atomic E-state index is 12.7. The Bertz CT molecular complexity index is 434. The van der Waals surface area contributed by atoms with Crippen LogP contribution in [0.4, 0.5) is 13.2 Å². The summed E-state index contributed by atoms with van der Waals surface area (Å²) < 4.78 is 38.2. The molecule has 1 aliphatic rings. The van der Waals surface area contributed by atoms with Crippen LogP contribution >= 0.6 is 11.3 Å². The number of nitrogens with zero attached hydrogens (tertiary/aromatic N) is 1. The third kappa shape index (κ3) is 2.08. The molecule has 1 aromatic rings. The second-order valence-corrected chi connectivity index (χ2v) is 6.41. The van der Waals surface area contributed by atoms with Crippen LogP contribution in [-0.2, 0) is 5.54 Å². The predicted octanol–water partition coefficient (Wildman–Crippen LogP) is 3.39. The number of halogens is 3.